The molecule has 0 unspecified atom stereocenters. The second kappa shape index (κ2) is 5.27. The Balaban J connectivity index is 2.15. The van der Waals surface area contributed by atoms with Crippen LogP contribution in [0.3, 0.4) is 0 Å². The van der Waals surface area contributed by atoms with Crippen molar-refractivity contribution in [2.24, 2.45) is 0 Å². The lowest BCUT2D eigenvalue weighted by Crippen LogP contribution is -2.29. The number of rotatable bonds is 3. The smallest absolute Gasteiger partial charge is 0.471 e. The van der Waals surface area contributed by atoms with Crippen LogP contribution in [0, 0.1) is 0 Å². The number of halogens is 3. The van der Waals surface area contributed by atoms with Gasteiger partial charge in [-0.1, -0.05) is 0 Å². The van der Waals surface area contributed by atoms with E-state index in [9.17, 15) is 22.8 Å². The number of anilines is 1. The molecule has 2 N–H and O–H groups in total. The summed E-state index contributed by atoms with van der Waals surface area (Å²) >= 11 is 0. The Morgan fingerprint density at radius 1 is 1.14 bits per heavy atom. The molecule has 110 valence electrons. The van der Waals surface area contributed by atoms with Gasteiger partial charge in [0.25, 0.3) is 0 Å². The number of carbonyl (C=O) groups excluding carboxylic acids is 1. The minimum atomic E-state index is -4.96. The second-order valence-electron chi connectivity index (χ2n) is 3.95. The lowest BCUT2D eigenvalue weighted by molar-refractivity contribution is -0.167. The highest BCUT2D eigenvalue weighted by Crippen LogP contribution is 2.19. The SMILES string of the molecule is O=C(O)c1ccn(-c2ccc(NC(=O)C(F)(F)F)cc2)n1. The normalized spacial score (nSPS) is 11.2. The van der Waals surface area contributed by atoms with E-state index in [-0.39, 0.29) is 11.4 Å². The standard InChI is InChI=1S/C12H8F3N3O3/c13-12(14,15)11(21)16-7-1-3-8(4-2-7)18-6-5-9(17-18)10(19)20/h1-6H,(H,16,21)(H,19,20). The number of nitrogens with one attached hydrogen (secondary N) is 1. The molecule has 0 fully saturated rings. The molecule has 0 aliphatic heterocycles. The number of carboxylic acids is 1. The van der Waals surface area contributed by atoms with Crippen molar-refractivity contribution in [2.45, 2.75) is 6.18 Å². The van der Waals surface area contributed by atoms with Gasteiger partial charge < -0.3 is 10.4 Å². The molecule has 2 aromatic rings. The molecule has 0 bridgehead atoms. The predicted molar refractivity (Wildman–Crippen MR) is 65.2 cm³/mol. The summed E-state index contributed by atoms with van der Waals surface area (Å²) in [7, 11) is 0. The summed E-state index contributed by atoms with van der Waals surface area (Å²) in [5.41, 5.74) is 0.239. The minimum Gasteiger partial charge on any atom is -0.476 e. The molecule has 1 aromatic carbocycles. The fourth-order valence-electron chi connectivity index (χ4n) is 1.48. The summed E-state index contributed by atoms with van der Waals surface area (Å²) in [5.74, 6) is -3.26. The average Bonchev–Trinajstić information content (AvgIpc) is 2.88. The first-order valence-electron chi connectivity index (χ1n) is 5.55. The van der Waals surface area contributed by atoms with Crippen molar-refractivity contribution in [2.75, 3.05) is 5.32 Å². The van der Waals surface area contributed by atoms with Crippen molar-refractivity contribution in [3.8, 4) is 5.69 Å². The van der Waals surface area contributed by atoms with Gasteiger partial charge in [0.2, 0.25) is 0 Å². The zero-order chi connectivity index (χ0) is 15.6. The molecule has 2 rings (SSSR count). The lowest BCUT2D eigenvalue weighted by Gasteiger charge is -2.08. The van der Waals surface area contributed by atoms with Crippen LogP contribution < -0.4 is 5.32 Å². The molecule has 0 saturated heterocycles. The number of benzene rings is 1. The first kappa shape index (κ1) is 14.6. The van der Waals surface area contributed by atoms with Crippen LogP contribution in [-0.4, -0.2) is 32.9 Å². The Kier molecular flexibility index (Phi) is 3.66. The number of hydrogen-bond acceptors (Lipinski definition) is 3. The van der Waals surface area contributed by atoms with E-state index < -0.39 is 18.1 Å². The van der Waals surface area contributed by atoms with Gasteiger partial charge in [-0.25, -0.2) is 9.48 Å². The molecule has 21 heavy (non-hydrogen) atoms. The maximum atomic E-state index is 12.1. The van der Waals surface area contributed by atoms with E-state index in [0.29, 0.717) is 5.69 Å². The third-order valence-corrected chi connectivity index (χ3v) is 2.46. The highest BCUT2D eigenvalue weighted by atomic mass is 19.4. The minimum absolute atomic E-state index is 0.0355. The van der Waals surface area contributed by atoms with Gasteiger partial charge in [-0.15, -0.1) is 0 Å². The van der Waals surface area contributed by atoms with Crippen molar-refractivity contribution in [1.82, 2.24) is 9.78 Å². The fourth-order valence-corrected chi connectivity index (χ4v) is 1.48. The predicted octanol–water partition coefficient (Wildman–Crippen LogP) is 2.07. The first-order chi connectivity index (χ1) is 9.77. The molecule has 0 saturated carbocycles. The Labute approximate surface area is 115 Å². The van der Waals surface area contributed by atoms with E-state index in [0.717, 1.165) is 0 Å². The van der Waals surface area contributed by atoms with Gasteiger partial charge in [0.1, 0.15) is 0 Å². The molecule has 0 spiro atoms. The van der Waals surface area contributed by atoms with Crippen molar-refractivity contribution in [1.29, 1.82) is 0 Å². The van der Waals surface area contributed by atoms with Crippen LogP contribution in [0.4, 0.5) is 18.9 Å². The number of carboxylic acid groups (broad SMARTS) is 1. The number of amides is 1. The average molecular weight is 299 g/mol. The van der Waals surface area contributed by atoms with Crippen molar-refractivity contribution in [3.63, 3.8) is 0 Å². The van der Waals surface area contributed by atoms with Crippen LogP contribution in [0.1, 0.15) is 10.5 Å². The van der Waals surface area contributed by atoms with E-state index in [1.807, 2.05) is 0 Å². The van der Waals surface area contributed by atoms with Gasteiger partial charge in [0.05, 0.1) is 5.69 Å². The molecule has 0 atom stereocenters. The monoisotopic (exact) mass is 299 g/mol. The van der Waals surface area contributed by atoms with Gasteiger partial charge >= 0.3 is 18.1 Å². The fraction of sp³-hybridized carbons (Fsp3) is 0.0833. The Bertz CT molecular complexity index is 677. The second-order valence-corrected chi connectivity index (χ2v) is 3.95. The largest absolute Gasteiger partial charge is 0.476 e. The number of carbonyl (C=O) groups is 2. The third kappa shape index (κ3) is 3.38. The van der Waals surface area contributed by atoms with Gasteiger partial charge in [-0.2, -0.15) is 18.3 Å². The number of aromatic carboxylic acids is 1. The number of hydrogen-bond donors (Lipinski definition) is 2. The van der Waals surface area contributed by atoms with Crippen LogP contribution in [0.15, 0.2) is 36.5 Å². The maximum Gasteiger partial charge on any atom is 0.471 e. The molecule has 1 heterocycles. The van der Waals surface area contributed by atoms with Gasteiger partial charge in [-0.05, 0) is 30.3 Å². The third-order valence-electron chi connectivity index (χ3n) is 2.46. The summed E-state index contributed by atoms with van der Waals surface area (Å²) in [6, 6.07) is 6.57. The van der Waals surface area contributed by atoms with Gasteiger partial charge in [-0.3, -0.25) is 4.79 Å². The molecule has 1 aromatic heterocycles. The van der Waals surface area contributed by atoms with Gasteiger partial charge in [0.15, 0.2) is 5.69 Å². The number of alkyl halides is 3. The molecule has 0 aliphatic rings. The van der Waals surface area contributed by atoms with Gasteiger partial charge in [0, 0.05) is 11.9 Å². The van der Waals surface area contributed by atoms with Crippen molar-refractivity contribution < 1.29 is 27.9 Å². The molecular weight excluding hydrogens is 291 g/mol. The summed E-state index contributed by atoms with van der Waals surface area (Å²) in [5, 5.41) is 14.2. The quantitative estimate of drug-likeness (QED) is 0.908. The number of aromatic nitrogens is 2. The zero-order valence-corrected chi connectivity index (χ0v) is 10.3. The van der Waals surface area contributed by atoms with Crippen LogP contribution in [0.2, 0.25) is 0 Å². The van der Waals surface area contributed by atoms with E-state index in [1.165, 1.54) is 41.2 Å². The lowest BCUT2D eigenvalue weighted by atomic mass is 10.3. The van der Waals surface area contributed by atoms with E-state index in [2.05, 4.69) is 5.10 Å². The van der Waals surface area contributed by atoms with E-state index in [4.69, 9.17) is 5.11 Å². The molecule has 6 nitrogen and oxygen atoms in total. The highest BCUT2D eigenvalue weighted by Gasteiger charge is 2.38. The van der Waals surface area contributed by atoms with Crippen LogP contribution in [0.25, 0.3) is 5.69 Å². The maximum absolute atomic E-state index is 12.1. The van der Waals surface area contributed by atoms with Crippen molar-refractivity contribution >= 4 is 17.6 Å². The van der Waals surface area contributed by atoms with E-state index >= 15 is 0 Å². The molecule has 9 heteroatoms. The zero-order valence-electron chi connectivity index (χ0n) is 10.3. The summed E-state index contributed by atoms with van der Waals surface area (Å²) in [6.07, 6.45) is -3.57. The first-order valence-corrected chi connectivity index (χ1v) is 5.55. The number of nitrogens with zero attached hydrogens (tertiary/aromatic N) is 2. The van der Waals surface area contributed by atoms with E-state index in [1.54, 1.807) is 5.32 Å². The summed E-state index contributed by atoms with van der Waals surface area (Å²) in [4.78, 5) is 21.4. The van der Waals surface area contributed by atoms with Crippen LogP contribution in [-0.2, 0) is 4.79 Å². The molecule has 1 amide bonds. The summed E-state index contributed by atoms with van der Waals surface area (Å²) in [6.45, 7) is 0. The highest BCUT2D eigenvalue weighted by molar-refractivity contribution is 5.94. The Hall–Kier alpha value is -2.84. The molecule has 0 aliphatic carbocycles. The molecular formula is C12H8F3N3O3. The van der Waals surface area contributed by atoms with Crippen LogP contribution >= 0.6 is 0 Å². The molecule has 0 radical (unpaired) electrons. The topological polar surface area (TPSA) is 84.2 Å². The van der Waals surface area contributed by atoms with Crippen molar-refractivity contribution in [3.05, 3.63) is 42.2 Å². The van der Waals surface area contributed by atoms with Crippen LogP contribution in [0.5, 0.6) is 0 Å². The Morgan fingerprint density at radius 3 is 2.24 bits per heavy atom. The Morgan fingerprint density at radius 2 is 1.76 bits per heavy atom. The summed E-state index contributed by atoms with van der Waals surface area (Å²) < 4.78 is 37.5.